The Morgan fingerprint density at radius 1 is 1.00 bits per heavy atom. The molecule has 3 aromatic carbocycles. The summed E-state index contributed by atoms with van der Waals surface area (Å²) < 4.78 is 24.2. The number of halogens is 2. The first kappa shape index (κ1) is 21.6. The largest absolute Gasteiger partial charge is 0.493 e. The van der Waals surface area contributed by atoms with Crippen LogP contribution in [0.15, 0.2) is 60.7 Å². The summed E-state index contributed by atoms with van der Waals surface area (Å²) in [5.74, 6) is -0.314. The van der Waals surface area contributed by atoms with E-state index < -0.39 is 5.97 Å². The Kier molecular flexibility index (Phi) is 7.27. The zero-order valence-corrected chi connectivity index (χ0v) is 17.1. The maximum absolute atomic E-state index is 13.0. The molecule has 0 saturated carbocycles. The molecule has 0 atom stereocenters. The first-order valence-electron chi connectivity index (χ1n) is 9.23. The maximum atomic E-state index is 13.0. The lowest BCUT2D eigenvalue weighted by atomic mass is 10.1. The molecule has 7 heteroatoms. The average molecular weight is 430 g/mol. The fourth-order valence-electron chi connectivity index (χ4n) is 2.87. The van der Waals surface area contributed by atoms with Gasteiger partial charge < -0.3 is 19.9 Å². The van der Waals surface area contributed by atoms with Crippen molar-refractivity contribution in [2.24, 2.45) is 0 Å². The molecule has 0 aliphatic carbocycles. The molecule has 0 heterocycles. The first-order valence-corrected chi connectivity index (χ1v) is 9.60. The van der Waals surface area contributed by atoms with E-state index in [4.69, 9.17) is 26.2 Å². The van der Waals surface area contributed by atoms with Crippen LogP contribution in [0.4, 0.5) is 4.39 Å². The standard InChI is InChI=1S/C23H21ClFNO4/c1-29-21-11-17(13-26-12-15-2-6-18(7-3-15)23(27)28)10-20(24)22(21)30-14-16-4-8-19(25)9-5-16/h2-11,26H,12-14H2,1H3,(H,27,28). The predicted octanol–water partition coefficient (Wildman–Crippen LogP) is 5.05. The van der Waals surface area contributed by atoms with Crippen LogP contribution in [0.2, 0.25) is 5.02 Å². The van der Waals surface area contributed by atoms with Gasteiger partial charge in [0.25, 0.3) is 0 Å². The van der Waals surface area contributed by atoms with Gasteiger partial charge in [-0.25, -0.2) is 9.18 Å². The number of hydrogen-bond acceptors (Lipinski definition) is 4. The van der Waals surface area contributed by atoms with E-state index >= 15 is 0 Å². The Balaban J connectivity index is 1.61. The van der Waals surface area contributed by atoms with Crippen molar-refractivity contribution in [3.8, 4) is 11.5 Å². The summed E-state index contributed by atoms with van der Waals surface area (Å²) in [6.07, 6.45) is 0. The Morgan fingerprint density at radius 3 is 2.27 bits per heavy atom. The van der Waals surface area contributed by atoms with Crippen molar-refractivity contribution in [1.82, 2.24) is 5.32 Å². The highest BCUT2D eigenvalue weighted by atomic mass is 35.5. The van der Waals surface area contributed by atoms with Gasteiger partial charge in [-0.05, 0) is 53.1 Å². The molecule has 0 aliphatic rings. The SMILES string of the molecule is COc1cc(CNCc2ccc(C(=O)O)cc2)cc(Cl)c1OCc1ccc(F)cc1. The third kappa shape index (κ3) is 5.72. The predicted molar refractivity (Wildman–Crippen MR) is 113 cm³/mol. The van der Waals surface area contributed by atoms with Gasteiger partial charge in [0, 0.05) is 13.1 Å². The van der Waals surface area contributed by atoms with Crippen molar-refractivity contribution in [2.75, 3.05) is 7.11 Å². The number of carbonyl (C=O) groups is 1. The summed E-state index contributed by atoms with van der Waals surface area (Å²) in [6, 6.07) is 16.4. The normalized spacial score (nSPS) is 10.6. The molecule has 3 rings (SSSR count). The molecule has 0 unspecified atom stereocenters. The number of carboxylic acid groups (broad SMARTS) is 1. The summed E-state index contributed by atoms with van der Waals surface area (Å²) in [4.78, 5) is 10.9. The Bertz CT molecular complexity index is 1010. The van der Waals surface area contributed by atoms with E-state index in [2.05, 4.69) is 5.32 Å². The molecule has 0 amide bonds. The molecule has 3 aromatic rings. The van der Waals surface area contributed by atoms with Gasteiger partial charge in [0.1, 0.15) is 12.4 Å². The van der Waals surface area contributed by atoms with Gasteiger partial charge in [0.05, 0.1) is 17.7 Å². The third-order valence-corrected chi connectivity index (χ3v) is 4.73. The second kappa shape index (κ2) is 10.1. The van der Waals surface area contributed by atoms with Crippen molar-refractivity contribution < 1.29 is 23.8 Å². The number of methoxy groups -OCH3 is 1. The Labute approximate surface area is 179 Å². The number of aromatic carboxylic acids is 1. The van der Waals surface area contributed by atoms with Crippen LogP contribution in [0, 0.1) is 5.82 Å². The fraction of sp³-hybridized carbons (Fsp3) is 0.174. The van der Waals surface area contributed by atoms with E-state index in [0.717, 1.165) is 16.7 Å². The van der Waals surface area contributed by atoms with Gasteiger partial charge in [0.15, 0.2) is 11.5 Å². The van der Waals surface area contributed by atoms with E-state index in [1.54, 1.807) is 42.5 Å². The van der Waals surface area contributed by atoms with Crippen LogP contribution in [-0.4, -0.2) is 18.2 Å². The van der Waals surface area contributed by atoms with Gasteiger partial charge in [-0.3, -0.25) is 0 Å². The fourth-order valence-corrected chi connectivity index (χ4v) is 3.16. The van der Waals surface area contributed by atoms with E-state index in [1.165, 1.54) is 19.2 Å². The van der Waals surface area contributed by atoms with Crippen LogP contribution in [0.25, 0.3) is 0 Å². The number of ether oxygens (including phenoxy) is 2. The lowest BCUT2D eigenvalue weighted by Crippen LogP contribution is -2.13. The summed E-state index contributed by atoms with van der Waals surface area (Å²) in [5, 5.41) is 12.7. The van der Waals surface area contributed by atoms with E-state index in [-0.39, 0.29) is 18.0 Å². The van der Waals surface area contributed by atoms with Crippen LogP contribution in [0.3, 0.4) is 0 Å². The van der Waals surface area contributed by atoms with Crippen molar-refractivity contribution in [1.29, 1.82) is 0 Å². The lowest BCUT2D eigenvalue weighted by molar-refractivity contribution is 0.0697. The van der Waals surface area contributed by atoms with Gasteiger partial charge in [-0.1, -0.05) is 35.9 Å². The van der Waals surface area contributed by atoms with E-state index in [9.17, 15) is 9.18 Å². The molecule has 2 N–H and O–H groups in total. The lowest BCUT2D eigenvalue weighted by Gasteiger charge is -2.15. The molecule has 0 bridgehead atoms. The minimum atomic E-state index is -0.946. The zero-order chi connectivity index (χ0) is 21.5. The van der Waals surface area contributed by atoms with E-state index in [0.29, 0.717) is 29.6 Å². The molecular weight excluding hydrogens is 409 g/mol. The summed E-state index contributed by atoms with van der Waals surface area (Å²) in [5.41, 5.74) is 2.95. The topological polar surface area (TPSA) is 67.8 Å². The smallest absolute Gasteiger partial charge is 0.335 e. The van der Waals surface area contributed by atoms with Crippen molar-refractivity contribution in [3.63, 3.8) is 0 Å². The molecule has 0 fully saturated rings. The molecule has 30 heavy (non-hydrogen) atoms. The van der Waals surface area contributed by atoms with E-state index in [1.807, 2.05) is 6.07 Å². The third-order valence-electron chi connectivity index (χ3n) is 4.44. The second-order valence-corrected chi connectivity index (χ2v) is 7.04. The Morgan fingerprint density at radius 2 is 1.63 bits per heavy atom. The minimum absolute atomic E-state index is 0.236. The molecule has 5 nitrogen and oxygen atoms in total. The number of nitrogens with one attached hydrogen (secondary N) is 1. The molecule has 0 aliphatic heterocycles. The van der Waals surface area contributed by atoms with Crippen LogP contribution >= 0.6 is 11.6 Å². The molecule has 0 radical (unpaired) electrons. The molecule has 0 spiro atoms. The number of benzene rings is 3. The summed E-state index contributed by atoms with van der Waals surface area (Å²) >= 11 is 6.40. The van der Waals surface area contributed by atoms with Crippen molar-refractivity contribution in [3.05, 3.63) is 93.8 Å². The summed E-state index contributed by atoms with van der Waals surface area (Å²) in [6.45, 7) is 1.35. The monoisotopic (exact) mass is 429 g/mol. The zero-order valence-electron chi connectivity index (χ0n) is 16.3. The Hall–Kier alpha value is -3.09. The van der Waals surface area contributed by atoms with Crippen molar-refractivity contribution >= 4 is 17.6 Å². The first-order chi connectivity index (χ1) is 14.5. The highest BCUT2D eigenvalue weighted by Crippen LogP contribution is 2.37. The number of hydrogen-bond donors (Lipinski definition) is 2. The van der Waals surface area contributed by atoms with Crippen LogP contribution in [-0.2, 0) is 19.7 Å². The minimum Gasteiger partial charge on any atom is -0.493 e. The molecule has 0 saturated heterocycles. The van der Waals surface area contributed by atoms with Crippen LogP contribution in [0.5, 0.6) is 11.5 Å². The second-order valence-electron chi connectivity index (χ2n) is 6.63. The van der Waals surface area contributed by atoms with Crippen LogP contribution in [0.1, 0.15) is 27.0 Å². The maximum Gasteiger partial charge on any atom is 0.335 e. The number of rotatable bonds is 9. The summed E-state index contributed by atoms with van der Waals surface area (Å²) in [7, 11) is 1.54. The average Bonchev–Trinajstić information content (AvgIpc) is 2.74. The number of carboxylic acids is 1. The molecule has 0 aromatic heterocycles. The quantitative estimate of drug-likeness (QED) is 0.498. The van der Waals surface area contributed by atoms with Gasteiger partial charge in [-0.2, -0.15) is 0 Å². The molecule has 156 valence electrons. The highest BCUT2D eigenvalue weighted by Gasteiger charge is 2.12. The highest BCUT2D eigenvalue weighted by molar-refractivity contribution is 6.32. The molecular formula is C23H21ClFNO4. The van der Waals surface area contributed by atoms with Gasteiger partial charge in [-0.15, -0.1) is 0 Å². The van der Waals surface area contributed by atoms with Crippen molar-refractivity contribution in [2.45, 2.75) is 19.7 Å². The van der Waals surface area contributed by atoms with Crippen LogP contribution < -0.4 is 14.8 Å². The van der Waals surface area contributed by atoms with Gasteiger partial charge in [0.2, 0.25) is 0 Å². The van der Waals surface area contributed by atoms with Gasteiger partial charge >= 0.3 is 5.97 Å².